The number of ether oxygens (including phenoxy) is 2. The van der Waals surface area contributed by atoms with Gasteiger partial charge in [0.15, 0.2) is 0 Å². The number of carbonyl (C=O) groups excluding carboxylic acids is 2. The van der Waals surface area contributed by atoms with Crippen LogP contribution in [0, 0.1) is 0 Å². The Morgan fingerprint density at radius 3 is 2.73 bits per heavy atom. The largest absolute Gasteiger partial charge is 0.447 e. The number of nitrogens with zero attached hydrogens (tertiary/aromatic N) is 4. The SMILES string of the molecule is O=C(c1ccc2cc(Oc3ccc(C(F)(F)F)cn3)ccc2n1)N1CCN2C(=O)OCC2C1. The number of hydrogen-bond donors (Lipinski definition) is 0. The smallest absolute Gasteiger partial charge is 0.417 e. The maximum atomic E-state index is 12.9. The van der Waals surface area contributed by atoms with Gasteiger partial charge in [-0.05, 0) is 30.3 Å². The first-order valence-corrected chi connectivity index (χ1v) is 10.1. The molecule has 5 rings (SSSR count). The molecule has 11 heteroatoms. The highest BCUT2D eigenvalue weighted by molar-refractivity contribution is 5.95. The number of cyclic esters (lactones) is 1. The van der Waals surface area contributed by atoms with E-state index < -0.39 is 11.7 Å². The minimum absolute atomic E-state index is 0.0237. The number of hydrogen-bond acceptors (Lipinski definition) is 6. The number of amides is 2. The molecule has 0 N–H and O–H groups in total. The van der Waals surface area contributed by atoms with Crippen LogP contribution in [0.1, 0.15) is 16.1 Å². The quantitative estimate of drug-likeness (QED) is 0.595. The predicted molar refractivity (Wildman–Crippen MR) is 109 cm³/mol. The number of fused-ring (bicyclic) bond motifs is 2. The molecule has 1 unspecified atom stereocenters. The molecule has 2 aromatic heterocycles. The third-order valence-electron chi connectivity index (χ3n) is 5.57. The van der Waals surface area contributed by atoms with E-state index in [2.05, 4.69) is 9.97 Å². The highest BCUT2D eigenvalue weighted by atomic mass is 19.4. The lowest BCUT2D eigenvalue weighted by atomic mass is 10.1. The van der Waals surface area contributed by atoms with Crippen LogP contribution in [0.15, 0.2) is 48.7 Å². The van der Waals surface area contributed by atoms with Gasteiger partial charge in [-0.15, -0.1) is 0 Å². The van der Waals surface area contributed by atoms with E-state index in [1.807, 2.05) is 0 Å². The Morgan fingerprint density at radius 2 is 1.97 bits per heavy atom. The second-order valence-corrected chi connectivity index (χ2v) is 7.71. The third kappa shape index (κ3) is 4.13. The Hall–Kier alpha value is -3.89. The number of rotatable bonds is 3. The van der Waals surface area contributed by atoms with Crippen molar-refractivity contribution in [2.45, 2.75) is 12.2 Å². The summed E-state index contributed by atoms with van der Waals surface area (Å²) in [4.78, 5) is 36.0. The molecule has 0 bridgehead atoms. The number of benzene rings is 1. The zero-order chi connectivity index (χ0) is 23.2. The first kappa shape index (κ1) is 21.0. The van der Waals surface area contributed by atoms with Gasteiger partial charge in [-0.3, -0.25) is 9.69 Å². The standard InChI is InChI=1S/C22H17F3N4O4/c23-22(24,25)14-2-6-19(26-10-14)33-16-3-5-17-13(9-16)1-4-18(27-17)20(30)28-7-8-29-15(11-28)12-32-21(29)31/h1-6,9-10,15H,7-8,11-12H2. The van der Waals surface area contributed by atoms with Crippen molar-refractivity contribution in [1.82, 2.24) is 19.8 Å². The van der Waals surface area contributed by atoms with Gasteiger partial charge in [-0.2, -0.15) is 13.2 Å². The zero-order valence-electron chi connectivity index (χ0n) is 17.1. The van der Waals surface area contributed by atoms with Crippen molar-refractivity contribution >= 4 is 22.9 Å². The van der Waals surface area contributed by atoms with Crippen molar-refractivity contribution in [2.24, 2.45) is 0 Å². The summed E-state index contributed by atoms with van der Waals surface area (Å²) in [5.41, 5.74) is -0.0194. The number of piperazine rings is 1. The molecule has 2 aliphatic rings. The van der Waals surface area contributed by atoms with Crippen LogP contribution in [0.25, 0.3) is 10.9 Å². The van der Waals surface area contributed by atoms with Crippen molar-refractivity contribution in [3.8, 4) is 11.6 Å². The summed E-state index contributed by atoms with van der Waals surface area (Å²) in [5, 5.41) is 0.690. The van der Waals surface area contributed by atoms with Gasteiger partial charge < -0.3 is 14.4 Å². The van der Waals surface area contributed by atoms with Crippen molar-refractivity contribution in [1.29, 1.82) is 0 Å². The van der Waals surface area contributed by atoms with Crippen LogP contribution in [0.2, 0.25) is 0 Å². The maximum Gasteiger partial charge on any atom is 0.417 e. The molecule has 0 aliphatic carbocycles. The van der Waals surface area contributed by atoms with Gasteiger partial charge in [0.25, 0.3) is 5.91 Å². The summed E-state index contributed by atoms with van der Waals surface area (Å²) in [7, 11) is 0. The molecule has 4 heterocycles. The lowest BCUT2D eigenvalue weighted by Crippen LogP contribution is -2.53. The topological polar surface area (TPSA) is 84.9 Å². The maximum absolute atomic E-state index is 12.9. The van der Waals surface area contributed by atoms with E-state index in [-0.39, 0.29) is 36.2 Å². The normalized spacial score (nSPS) is 18.3. The number of alkyl halides is 3. The molecule has 1 atom stereocenters. The van der Waals surface area contributed by atoms with Gasteiger partial charge >= 0.3 is 12.3 Å². The summed E-state index contributed by atoms with van der Waals surface area (Å²) in [6, 6.07) is 10.2. The average molecular weight is 458 g/mol. The summed E-state index contributed by atoms with van der Waals surface area (Å²) in [5.74, 6) is 0.165. The Labute approximate surface area is 185 Å². The minimum atomic E-state index is -4.47. The van der Waals surface area contributed by atoms with Gasteiger partial charge in [-0.1, -0.05) is 6.07 Å². The van der Waals surface area contributed by atoms with Crippen molar-refractivity contribution in [3.05, 3.63) is 59.9 Å². The second kappa shape index (κ2) is 7.91. The molecule has 2 saturated heterocycles. The predicted octanol–water partition coefficient (Wildman–Crippen LogP) is 3.72. The van der Waals surface area contributed by atoms with Crippen molar-refractivity contribution in [2.75, 3.05) is 26.2 Å². The molecule has 0 spiro atoms. The van der Waals surface area contributed by atoms with E-state index in [1.165, 1.54) is 0 Å². The highest BCUT2D eigenvalue weighted by Crippen LogP contribution is 2.30. The molecule has 33 heavy (non-hydrogen) atoms. The number of halogens is 3. The molecule has 2 fully saturated rings. The van der Waals surface area contributed by atoms with Gasteiger partial charge in [0.2, 0.25) is 5.88 Å². The molecule has 0 radical (unpaired) electrons. The van der Waals surface area contributed by atoms with Crippen LogP contribution < -0.4 is 4.74 Å². The fraction of sp³-hybridized carbons (Fsp3) is 0.273. The summed E-state index contributed by atoms with van der Waals surface area (Å²) in [6.45, 7) is 1.47. The molecular formula is C22H17F3N4O4. The van der Waals surface area contributed by atoms with E-state index in [0.29, 0.717) is 42.5 Å². The number of pyridine rings is 2. The fourth-order valence-electron chi connectivity index (χ4n) is 3.85. The lowest BCUT2D eigenvalue weighted by Gasteiger charge is -2.35. The Balaban J connectivity index is 1.30. The molecule has 3 aromatic rings. The van der Waals surface area contributed by atoms with Crippen molar-refractivity contribution in [3.63, 3.8) is 0 Å². The van der Waals surface area contributed by atoms with E-state index in [1.54, 1.807) is 40.1 Å². The van der Waals surface area contributed by atoms with Crippen LogP contribution in [-0.4, -0.2) is 64.1 Å². The van der Waals surface area contributed by atoms with E-state index >= 15 is 0 Å². The zero-order valence-corrected chi connectivity index (χ0v) is 17.1. The van der Waals surface area contributed by atoms with Crippen LogP contribution >= 0.6 is 0 Å². The first-order chi connectivity index (χ1) is 15.8. The van der Waals surface area contributed by atoms with Gasteiger partial charge in [0.05, 0.1) is 17.1 Å². The monoisotopic (exact) mass is 458 g/mol. The molecule has 1 aromatic carbocycles. The summed E-state index contributed by atoms with van der Waals surface area (Å²) < 4.78 is 48.6. The number of carbonyl (C=O) groups is 2. The molecule has 8 nitrogen and oxygen atoms in total. The van der Waals surface area contributed by atoms with Crippen molar-refractivity contribution < 1.29 is 32.2 Å². The van der Waals surface area contributed by atoms with E-state index in [4.69, 9.17) is 9.47 Å². The van der Waals surface area contributed by atoms with Crippen LogP contribution in [0.5, 0.6) is 11.6 Å². The van der Waals surface area contributed by atoms with Crippen LogP contribution in [0.3, 0.4) is 0 Å². The molecule has 2 amide bonds. The first-order valence-electron chi connectivity index (χ1n) is 10.1. The van der Waals surface area contributed by atoms with Gasteiger partial charge in [-0.25, -0.2) is 14.8 Å². The molecular weight excluding hydrogens is 441 g/mol. The highest BCUT2D eigenvalue weighted by Gasteiger charge is 2.39. The summed E-state index contributed by atoms with van der Waals surface area (Å²) >= 11 is 0. The molecule has 2 aliphatic heterocycles. The van der Waals surface area contributed by atoms with Crippen LogP contribution in [0.4, 0.5) is 18.0 Å². The number of aromatic nitrogens is 2. The van der Waals surface area contributed by atoms with Gasteiger partial charge in [0.1, 0.15) is 18.1 Å². The minimum Gasteiger partial charge on any atom is -0.447 e. The van der Waals surface area contributed by atoms with Gasteiger partial charge in [0, 0.05) is 37.3 Å². The van der Waals surface area contributed by atoms with E-state index in [9.17, 15) is 22.8 Å². The molecule has 0 saturated carbocycles. The Kier molecular flexibility index (Phi) is 5.03. The average Bonchev–Trinajstić information content (AvgIpc) is 3.18. The fourth-order valence-corrected chi connectivity index (χ4v) is 3.85. The Morgan fingerprint density at radius 1 is 1.12 bits per heavy atom. The summed E-state index contributed by atoms with van der Waals surface area (Å²) in [6.07, 6.45) is -4.10. The second-order valence-electron chi connectivity index (χ2n) is 7.71. The molecule has 170 valence electrons. The van der Waals surface area contributed by atoms with E-state index in [0.717, 1.165) is 12.1 Å². The van der Waals surface area contributed by atoms with Crippen LogP contribution in [-0.2, 0) is 10.9 Å². The third-order valence-corrected chi connectivity index (χ3v) is 5.57. The Bertz CT molecular complexity index is 1230. The lowest BCUT2D eigenvalue weighted by molar-refractivity contribution is -0.137.